The Hall–Kier alpha value is -3.27. The summed E-state index contributed by atoms with van der Waals surface area (Å²) >= 11 is 0. The fourth-order valence-corrected chi connectivity index (χ4v) is 2.45. The van der Waals surface area contributed by atoms with Gasteiger partial charge in [-0.1, -0.05) is 54.1 Å². The molecule has 0 aliphatic carbocycles. The first kappa shape index (κ1) is 15.6. The molecule has 0 bridgehead atoms. The molecule has 0 spiro atoms. The zero-order valence-corrected chi connectivity index (χ0v) is 13.3. The van der Waals surface area contributed by atoms with E-state index in [0.29, 0.717) is 11.1 Å². The lowest BCUT2D eigenvalue weighted by Gasteiger charge is -2.09. The van der Waals surface area contributed by atoms with Gasteiger partial charge in [0.25, 0.3) is 0 Å². The van der Waals surface area contributed by atoms with E-state index in [-0.39, 0.29) is 11.8 Å². The Balaban J connectivity index is 1.69. The molecule has 3 aromatic carbocycles. The lowest BCUT2D eigenvalue weighted by molar-refractivity contribution is 0.255. The first-order valence-corrected chi connectivity index (χ1v) is 7.65. The summed E-state index contributed by atoms with van der Waals surface area (Å²) in [7, 11) is 0. The van der Waals surface area contributed by atoms with Crippen molar-refractivity contribution in [1.82, 2.24) is 5.32 Å². The zero-order valence-electron chi connectivity index (χ0n) is 13.3. The second-order valence-electron chi connectivity index (χ2n) is 5.52. The Bertz CT molecular complexity index is 899. The van der Waals surface area contributed by atoms with Gasteiger partial charge in [-0.2, -0.15) is 0 Å². The largest absolute Gasteiger partial charge is 0.507 e. The predicted octanol–water partition coefficient (Wildman–Crippen LogP) is 4.65. The third-order valence-electron chi connectivity index (χ3n) is 3.71. The van der Waals surface area contributed by atoms with Gasteiger partial charge in [0.1, 0.15) is 5.75 Å². The number of carbonyl (C=O) groups is 1. The molecule has 0 aliphatic rings. The normalized spacial score (nSPS) is 10.9. The van der Waals surface area contributed by atoms with Crippen molar-refractivity contribution in [2.75, 3.05) is 5.32 Å². The van der Waals surface area contributed by atoms with Gasteiger partial charge in [0.15, 0.2) is 0 Å². The first-order valence-electron chi connectivity index (χ1n) is 7.65. The van der Waals surface area contributed by atoms with Crippen LogP contribution in [0.1, 0.15) is 11.1 Å². The molecule has 0 saturated heterocycles. The highest BCUT2D eigenvalue weighted by Gasteiger charge is 2.06. The van der Waals surface area contributed by atoms with Crippen LogP contribution in [0.4, 0.5) is 10.5 Å². The monoisotopic (exact) mass is 318 g/mol. The van der Waals surface area contributed by atoms with Gasteiger partial charge in [-0.05, 0) is 30.7 Å². The molecule has 0 saturated carbocycles. The van der Waals surface area contributed by atoms with Gasteiger partial charge in [0.05, 0.1) is 5.69 Å². The van der Waals surface area contributed by atoms with Crippen LogP contribution in [-0.2, 0) is 0 Å². The summed E-state index contributed by atoms with van der Waals surface area (Å²) in [4.78, 5) is 12.0. The summed E-state index contributed by atoms with van der Waals surface area (Å²) in [6.45, 7) is 2.03. The summed E-state index contributed by atoms with van der Waals surface area (Å²) in [5.41, 5.74) is 2.85. The zero-order chi connectivity index (χ0) is 16.9. The van der Waals surface area contributed by atoms with Gasteiger partial charge in [0.2, 0.25) is 0 Å². The van der Waals surface area contributed by atoms with Crippen LogP contribution in [0, 0.1) is 6.92 Å². The number of carbonyl (C=O) groups excluding carboxylic acids is 1. The second-order valence-corrected chi connectivity index (χ2v) is 5.52. The van der Waals surface area contributed by atoms with E-state index in [0.717, 1.165) is 10.9 Å². The Morgan fingerprint density at radius 2 is 1.67 bits per heavy atom. The minimum Gasteiger partial charge on any atom is -0.507 e. The number of urea groups is 1. The second kappa shape index (κ2) is 6.87. The average Bonchev–Trinajstić information content (AvgIpc) is 2.58. The van der Waals surface area contributed by atoms with Crippen molar-refractivity contribution in [3.05, 3.63) is 78.0 Å². The van der Waals surface area contributed by atoms with Gasteiger partial charge in [-0.25, -0.2) is 4.79 Å². The number of hydrogen-bond donors (Lipinski definition) is 3. The molecule has 4 heteroatoms. The molecule has 0 aromatic heterocycles. The van der Waals surface area contributed by atoms with Gasteiger partial charge >= 0.3 is 6.03 Å². The van der Waals surface area contributed by atoms with Crippen LogP contribution in [0.25, 0.3) is 16.8 Å². The molecule has 2 amide bonds. The Morgan fingerprint density at radius 1 is 0.958 bits per heavy atom. The standard InChI is InChI=1S/C20H18N2O2/c1-14-8-10-15(11-9-14)12-13-21-20(24)22-18-6-2-5-17-16(18)4-3-7-19(17)23/h2-13,23H,1H3,(H2,21,22,24)/b13-12+. The summed E-state index contributed by atoms with van der Waals surface area (Å²) in [5, 5.41) is 16.8. The maximum absolute atomic E-state index is 12.0. The molecule has 24 heavy (non-hydrogen) atoms. The Morgan fingerprint density at radius 3 is 2.46 bits per heavy atom. The van der Waals surface area contributed by atoms with Crippen LogP contribution in [0.15, 0.2) is 66.9 Å². The molecule has 3 aromatic rings. The summed E-state index contributed by atoms with van der Waals surface area (Å²) in [6, 6.07) is 18.3. The van der Waals surface area contributed by atoms with E-state index in [1.165, 1.54) is 5.56 Å². The SMILES string of the molecule is Cc1ccc(/C=C/NC(=O)Nc2cccc3c(O)cccc23)cc1. The number of rotatable bonds is 3. The molecule has 0 heterocycles. The highest BCUT2D eigenvalue weighted by atomic mass is 16.3. The molecule has 0 aliphatic heterocycles. The van der Waals surface area contributed by atoms with Crippen molar-refractivity contribution in [2.45, 2.75) is 6.92 Å². The summed E-state index contributed by atoms with van der Waals surface area (Å²) in [6.07, 6.45) is 3.43. The number of nitrogens with one attached hydrogen (secondary N) is 2. The van der Waals surface area contributed by atoms with E-state index in [9.17, 15) is 9.90 Å². The molecule has 0 unspecified atom stereocenters. The quantitative estimate of drug-likeness (QED) is 0.658. The third kappa shape index (κ3) is 3.55. The van der Waals surface area contributed by atoms with Crippen LogP contribution in [0.5, 0.6) is 5.75 Å². The number of amides is 2. The van der Waals surface area contributed by atoms with Crippen LogP contribution >= 0.6 is 0 Å². The maximum atomic E-state index is 12.0. The van der Waals surface area contributed by atoms with Gasteiger partial charge < -0.3 is 15.7 Å². The number of benzene rings is 3. The predicted molar refractivity (Wildman–Crippen MR) is 98.0 cm³/mol. The number of fused-ring (bicyclic) bond motifs is 1. The number of aryl methyl sites for hydroxylation is 1. The van der Waals surface area contributed by atoms with Crippen molar-refractivity contribution in [2.24, 2.45) is 0 Å². The topological polar surface area (TPSA) is 61.4 Å². The van der Waals surface area contributed by atoms with Crippen molar-refractivity contribution < 1.29 is 9.90 Å². The minimum absolute atomic E-state index is 0.191. The lowest BCUT2D eigenvalue weighted by atomic mass is 10.1. The number of phenolic OH excluding ortho intramolecular Hbond substituents is 1. The Labute approximate surface area is 140 Å². The first-order chi connectivity index (χ1) is 11.6. The third-order valence-corrected chi connectivity index (χ3v) is 3.71. The molecule has 3 rings (SSSR count). The Kier molecular flexibility index (Phi) is 4.47. The van der Waals surface area contributed by atoms with E-state index in [1.54, 1.807) is 30.5 Å². The van der Waals surface area contributed by atoms with E-state index >= 15 is 0 Å². The highest BCUT2D eigenvalue weighted by molar-refractivity contribution is 6.03. The van der Waals surface area contributed by atoms with Crippen LogP contribution in [0.3, 0.4) is 0 Å². The van der Waals surface area contributed by atoms with Crippen LogP contribution in [-0.4, -0.2) is 11.1 Å². The highest BCUT2D eigenvalue weighted by Crippen LogP contribution is 2.29. The summed E-state index contributed by atoms with van der Waals surface area (Å²) < 4.78 is 0. The van der Waals surface area contributed by atoms with Crippen LogP contribution in [0.2, 0.25) is 0 Å². The van der Waals surface area contributed by atoms with E-state index in [4.69, 9.17) is 0 Å². The molecule has 4 nitrogen and oxygen atoms in total. The lowest BCUT2D eigenvalue weighted by Crippen LogP contribution is -2.23. The number of hydrogen-bond acceptors (Lipinski definition) is 2. The summed E-state index contributed by atoms with van der Waals surface area (Å²) in [5.74, 6) is 0.191. The molecule has 120 valence electrons. The number of phenols is 1. The van der Waals surface area contributed by atoms with Crippen molar-refractivity contribution >= 4 is 28.6 Å². The molecular weight excluding hydrogens is 300 g/mol. The number of aromatic hydroxyl groups is 1. The van der Waals surface area contributed by atoms with E-state index < -0.39 is 0 Å². The smallest absolute Gasteiger partial charge is 0.323 e. The van der Waals surface area contributed by atoms with Crippen molar-refractivity contribution in [3.8, 4) is 5.75 Å². The molecular formula is C20H18N2O2. The minimum atomic E-state index is -0.339. The van der Waals surface area contributed by atoms with Gasteiger partial charge in [0, 0.05) is 17.0 Å². The van der Waals surface area contributed by atoms with E-state index in [1.807, 2.05) is 49.4 Å². The van der Waals surface area contributed by atoms with Crippen LogP contribution < -0.4 is 10.6 Å². The molecule has 0 radical (unpaired) electrons. The van der Waals surface area contributed by atoms with Gasteiger partial charge in [-0.3, -0.25) is 0 Å². The fourth-order valence-electron chi connectivity index (χ4n) is 2.45. The van der Waals surface area contributed by atoms with Crippen molar-refractivity contribution in [1.29, 1.82) is 0 Å². The number of anilines is 1. The molecule has 0 fully saturated rings. The average molecular weight is 318 g/mol. The van der Waals surface area contributed by atoms with Gasteiger partial charge in [-0.15, -0.1) is 0 Å². The maximum Gasteiger partial charge on any atom is 0.323 e. The molecule has 3 N–H and O–H groups in total. The molecule has 0 atom stereocenters. The van der Waals surface area contributed by atoms with Crippen molar-refractivity contribution in [3.63, 3.8) is 0 Å². The van der Waals surface area contributed by atoms with E-state index in [2.05, 4.69) is 10.6 Å². The fraction of sp³-hybridized carbons (Fsp3) is 0.0500.